The van der Waals surface area contributed by atoms with Gasteiger partial charge >= 0.3 is 5.69 Å². The molecule has 0 unspecified atom stereocenters. The molecule has 0 atom stereocenters. The molecule has 0 bridgehead atoms. The lowest BCUT2D eigenvalue weighted by Gasteiger charge is -2.24. The summed E-state index contributed by atoms with van der Waals surface area (Å²) in [5.74, 6) is -0.276. The van der Waals surface area contributed by atoms with Gasteiger partial charge in [-0.15, -0.1) is 0 Å². The van der Waals surface area contributed by atoms with Crippen LogP contribution in [0, 0.1) is 10.1 Å². The van der Waals surface area contributed by atoms with Gasteiger partial charge in [-0.1, -0.05) is 13.0 Å². The smallest absolute Gasteiger partial charge is 0.310 e. The molecule has 1 aromatic rings. The number of carbonyl (C=O) groups is 1. The lowest BCUT2D eigenvalue weighted by molar-refractivity contribution is -0.385. The average molecular weight is 295 g/mol. The highest BCUT2D eigenvalue weighted by atomic mass is 16.6. The van der Waals surface area contributed by atoms with Crippen LogP contribution in [0.25, 0.3) is 0 Å². The van der Waals surface area contributed by atoms with Crippen LogP contribution >= 0.6 is 0 Å². The monoisotopic (exact) mass is 295 g/mol. The van der Waals surface area contributed by atoms with Gasteiger partial charge in [0, 0.05) is 18.2 Å². The molecule has 21 heavy (non-hydrogen) atoms. The zero-order chi connectivity index (χ0) is 16.0. The van der Waals surface area contributed by atoms with E-state index in [1.165, 1.54) is 12.1 Å². The Kier molecular flexibility index (Phi) is 5.66. The molecule has 0 saturated heterocycles. The number of nitro benzene ring substituents is 1. The Bertz CT molecular complexity index is 529. The molecule has 7 heteroatoms. The van der Waals surface area contributed by atoms with Gasteiger partial charge in [-0.2, -0.15) is 0 Å². The van der Waals surface area contributed by atoms with Crippen LogP contribution in [0.3, 0.4) is 0 Å². The Labute approximate surface area is 123 Å². The predicted molar refractivity (Wildman–Crippen MR) is 79.0 cm³/mol. The van der Waals surface area contributed by atoms with Crippen LogP contribution in [-0.2, 0) is 11.3 Å². The summed E-state index contributed by atoms with van der Waals surface area (Å²) < 4.78 is 5.28. The van der Waals surface area contributed by atoms with Crippen molar-refractivity contribution < 1.29 is 14.5 Å². The molecule has 0 heterocycles. The summed E-state index contributed by atoms with van der Waals surface area (Å²) in [5, 5.41) is 13.7. The molecule has 1 amide bonds. The summed E-state index contributed by atoms with van der Waals surface area (Å²) in [4.78, 5) is 22.2. The average Bonchev–Trinajstić information content (AvgIpc) is 2.44. The largest absolute Gasteiger partial charge is 0.477 e. The second-order valence-corrected chi connectivity index (χ2v) is 5.34. The van der Waals surface area contributed by atoms with Gasteiger partial charge < -0.3 is 15.8 Å². The van der Waals surface area contributed by atoms with Crippen molar-refractivity contribution in [2.75, 3.05) is 6.61 Å². The number of nitrogens with two attached hydrogens (primary N) is 1. The molecule has 1 rings (SSSR count). The van der Waals surface area contributed by atoms with Crippen molar-refractivity contribution in [2.45, 2.75) is 39.3 Å². The van der Waals surface area contributed by atoms with E-state index in [0.29, 0.717) is 5.56 Å². The van der Waals surface area contributed by atoms with Crippen molar-refractivity contribution in [3.8, 4) is 5.75 Å². The molecule has 1 aromatic carbocycles. The number of rotatable bonds is 7. The summed E-state index contributed by atoms with van der Waals surface area (Å²) in [6.45, 7) is 5.70. The minimum absolute atomic E-state index is 0.0485. The number of nitro groups is 1. The van der Waals surface area contributed by atoms with E-state index >= 15 is 0 Å². The number of benzene rings is 1. The molecule has 0 aliphatic carbocycles. The number of hydrogen-bond acceptors (Lipinski definition) is 5. The van der Waals surface area contributed by atoms with Gasteiger partial charge in [-0.05, 0) is 31.9 Å². The number of nitrogens with one attached hydrogen (secondary N) is 1. The highest BCUT2D eigenvalue weighted by molar-refractivity contribution is 5.78. The van der Waals surface area contributed by atoms with E-state index in [2.05, 4.69) is 5.32 Å². The molecular weight excluding hydrogens is 274 g/mol. The van der Waals surface area contributed by atoms with E-state index in [-0.39, 0.29) is 36.0 Å². The minimum Gasteiger partial charge on any atom is -0.477 e. The Balaban J connectivity index is 2.78. The van der Waals surface area contributed by atoms with Gasteiger partial charge in [-0.3, -0.25) is 14.9 Å². The van der Waals surface area contributed by atoms with Gasteiger partial charge in [-0.25, -0.2) is 0 Å². The van der Waals surface area contributed by atoms with Gasteiger partial charge in [0.15, 0.2) is 12.4 Å². The Morgan fingerprint density at radius 2 is 2.14 bits per heavy atom. The van der Waals surface area contributed by atoms with Crippen LogP contribution in [0.5, 0.6) is 5.75 Å². The fourth-order valence-corrected chi connectivity index (χ4v) is 1.60. The first kappa shape index (κ1) is 16.9. The van der Waals surface area contributed by atoms with E-state index in [4.69, 9.17) is 10.5 Å². The maximum absolute atomic E-state index is 11.8. The Morgan fingerprint density at radius 1 is 1.48 bits per heavy atom. The molecule has 116 valence electrons. The third-order valence-electron chi connectivity index (χ3n) is 3.18. The third kappa shape index (κ3) is 5.03. The number of carbonyl (C=O) groups excluding carboxylic acids is 1. The highest BCUT2D eigenvalue weighted by Gasteiger charge is 2.20. The van der Waals surface area contributed by atoms with Crippen molar-refractivity contribution in [3.05, 3.63) is 33.9 Å². The molecule has 7 nitrogen and oxygen atoms in total. The topological polar surface area (TPSA) is 107 Å². The minimum atomic E-state index is -0.552. The van der Waals surface area contributed by atoms with E-state index in [0.717, 1.165) is 6.42 Å². The SMILES string of the molecule is CCC(C)(C)NC(=O)COc1cc(CN)ccc1[N+](=O)[O-]. The lowest BCUT2D eigenvalue weighted by Crippen LogP contribution is -2.44. The summed E-state index contributed by atoms with van der Waals surface area (Å²) >= 11 is 0. The maximum atomic E-state index is 11.8. The summed E-state index contributed by atoms with van der Waals surface area (Å²) in [6.07, 6.45) is 0.765. The van der Waals surface area contributed by atoms with Crippen LogP contribution in [0.15, 0.2) is 18.2 Å². The zero-order valence-electron chi connectivity index (χ0n) is 12.5. The second kappa shape index (κ2) is 7.03. The van der Waals surface area contributed by atoms with Crippen LogP contribution in [-0.4, -0.2) is 23.0 Å². The fourth-order valence-electron chi connectivity index (χ4n) is 1.60. The van der Waals surface area contributed by atoms with Crippen molar-refractivity contribution >= 4 is 11.6 Å². The molecule has 0 aromatic heterocycles. The second-order valence-electron chi connectivity index (χ2n) is 5.34. The van der Waals surface area contributed by atoms with E-state index in [1.807, 2.05) is 20.8 Å². The molecule has 3 N–H and O–H groups in total. The maximum Gasteiger partial charge on any atom is 0.310 e. The molecule has 0 radical (unpaired) electrons. The van der Waals surface area contributed by atoms with E-state index in [1.54, 1.807) is 6.07 Å². The van der Waals surface area contributed by atoms with Gasteiger partial charge in [0.1, 0.15) is 0 Å². The van der Waals surface area contributed by atoms with Crippen molar-refractivity contribution in [3.63, 3.8) is 0 Å². The van der Waals surface area contributed by atoms with Gasteiger partial charge in [0.2, 0.25) is 0 Å². The van der Waals surface area contributed by atoms with Crippen molar-refractivity contribution in [2.24, 2.45) is 5.73 Å². The fraction of sp³-hybridized carbons (Fsp3) is 0.500. The first-order valence-corrected chi connectivity index (χ1v) is 6.70. The summed E-state index contributed by atoms with van der Waals surface area (Å²) in [7, 11) is 0. The summed E-state index contributed by atoms with van der Waals surface area (Å²) in [5.41, 5.74) is 5.67. The number of amides is 1. The van der Waals surface area contributed by atoms with Crippen LogP contribution < -0.4 is 15.8 Å². The van der Waals surface area contributed by atoms with Crippen molar-refractivity contribution in [1.82, 2.24) is 5.32 Å². The number of nitrogens with zero attached hydrogens (tertiary/aromatic N) is 1. The first-order chi connectivity index (χ1) is 9.79. The first-order valence-electron chi connectivity index (χ1n) is 6.70. The van der Waals surface area contributed by atoms with Crippen molar-refractivity contribution in [1.29, 1.82) is 0 Å². The number of hydrogen-bond donors (Lipinski definition) is 2. The van der Waals surface area contributed by atoms with Crippen LogP contribution in [0.4, 0.5) is 5.69 Å². The molecule has 0 saturated carbocycles. The van der Waals surface area contributed by atoms with E-state index < -0.39 is 4.92 Å². The summed E-state index contributed by atoms with van der Waals surface area (Å²) in [6, 6.07) is 4.37. The Morgan fingerprint density at radius 3 is 2.67 bits per heavy atom. The molecule has 0 spiro atoms. The molecule has 0 fully saturated rings. The highest BCUT2D eigenvalue weighted by Crippen LogP contribution is 2.27. The molecular formula is C14H21N3O4. The third-order valence-corrected chi connectivity index (χ3v) is 3.18. The molecule has 0 aliphatic rings. The quantitative estimate of drug-likeness (QED) is 0.588. The lowest BCUT2D eigenvalue weighted by atomic mass is 10.0. The zero-order valence-corrected chi connectivity index (χ0v) is 12.5. The van der Waals surface area contributed by atoms with Gasteiger partial charge in [0.05, 0.1) is 4.92 Å². The molecule has 0 aliphatic heterocycles. The van der Waals surface area contributed by atoms with E-state index in [9.17, 15) is 14.9 Å². The normalized spacial score (nSPS) is 11.0. The Hall–Kier alpha value is -2.15. The number of ether oxygens (including phenoxy) is 1. The predicted octanol–water partition coefficient (Wildman–Crippen LogP) is 1.74. The van der Waals surface area contributed by atoms with Crippen LogP contribution in [0.1, 0.15) is 32.8 Å². The van der Waals surface area contributed by atoms with Crippen LogP contribution in [0.2, 0.25) is 0 Å². The van der Waals surface area contributed by atoms with Gasteiger partial charge in [0.25, 0.3) is 5.91 Å². The standard InChI is InChI=1S/C14H21N3O4/c1-4-14(2,3)16-13(18)9-21-12-7-10(8-15)5-6-11(12)17(19)20/h5-7H,4,8-9,15H2,1-3H3,(H,16,18).